The van der Waals surface area contributed by atoms with Gasteiger partial charge in [0.15, 0.2) is 18.4 Å². The summed E-state index contributed by atoms with van der Waals surface area (Å²) in [5, 5.41) is 14.3. The number of methoxy groups -OCH3 is 1. The fourth-order valence-corrected chi connectivity index (χ4v) is 14.0. The van der Waals surface area contributed by atoms with Crippen LogP contribution >= 0.6 is 0 Å². The maximum atomic E-state index is 12.6. The molecule has 346 valence electrons. The van der Waals surface area contributed by atoms with E-state index in [1.807, 2.05) is 141 Å². The van der Waals surface area contributed by atoms with E-state index in [1.165, 1.54) is 0 Å². The van der Waals surface area contributed by atoms with E-state index < -0.39 is 75.5 Å². The van der Waals surface area contributed by atoms with Gasteiger partial charge >= 0.3 is 0 Å². The van der Waals surface area contributed by atoms with Crippen LogP contribution in [0, 0.1) is 0 Å². The van der Waals surface area contributed by atoms with Crippen LogP contribution in [0.15, 0.2) is 152 Å². The molecule has 0 bridgehead atoms. The first kappa shape index (κ1) is 47.4. The Balaban J connectivity index is 1.11. The van der Waals surface area contributed by atoms with E-state index in [4.69, 9.17) is 47.1 Å². The highest BCUT2D eigenvalue weighted by atomic mass is 28.4. The first-order valence-corrected chi connectivity index (χ1v) is 24.6. The van der Waals surface area contributed by atoms with Gasteiger partial charge in [0.1, 0.15) is 48.8 Å². The average molecular weight is 905 g/mol. The standard InChI is InChI=1S/C53H64O11Si/c1-52(2,3)65(40-28-18-10-19-29-40,41-30-20-11-21-31-41)64-47-44(54)50(62-46(47)43-36-60-53(4,5)63-43)59-35-42-45(56-32-37-22-12-7-13-23-37)48(57-33-38-24-14-8-15-25-38)49(51(55-6)61-42)58-34-39-26-16-9-17-27-39/h7-31,42-51,54H,32-36H2,1-6H3/t42-,43-,44-,45-,46-,47-,48+,49-,50-,51+/m1/s1. The van der Waals surface area contributed by atoms with Crippen LogP contribution in [-0.4, -0.2) is 101 Å². The van der Waals surface area contributed by atoms with Crippen molar-refractivity contribution >= 4 is 18.7 Å². The lowest BCUT2D eigenvalue weighted by Gasteiger charge is -2.46. The molecule has 5 aromatic carbocycles. The van der Waals surface area contributed by atoms with Crippen molar-refractivity contribution in [1.29, 1.82) is 0 Å². The highest BCUT2D eigenvalue weighted by Crippen LogP contribution is 2.42. The molecule has 3 fully saturated rings. The van der Waals surface area contributed by atoms with Crippen molar-refractivity contribution in [2.45, 2.75) is 127 Å². The summed E-state index contributed by atoms with van der Waals surface area (Å²) < 4.78 is 66.7. The summed E-state index contributed by atoms with van der Waals surface area (Å²) in [5.74, 6) is -0.859. The molecular weight excluding hydrogens is 841 g/mol. The Kier molecular flexibility index (Phi) is 15.5. The molecule has 0 spiro atoms. The molecule has 0 amide bonds. The molecule has 11 nitrogen and oxygen atoms in total. The molecule has 0 aliphatic carbocycles. The SMILES string of the molecule is CO[C@H]1O[C@H](CO[C@@H]2O[C@H]([C@H]3COC(C)(C)O3)[C@H](O[Si](c3ccccc3)(c3ccccc3)C(C)(C)C)[C@H]2O)[C@@H](OCc2ccccc2)[C@H](OCc2ccccc2)[C@H]1OCc1ccccc1. The lowest BCUT2D eigenvalue weighted by molar-refractivity contribution is -0.328. The number of benzene rings is 5. The van der Waals surface area contributed by atoms with Crippen LogP contribution in [0.3, 0.4) is 0 Å². The van der Waals surface area contributed by atoms with Gasteiger partial charge in [-0.15, -0.1) is 0 Å². The van der Waals surface area contributed by atoms with Gasteiger partial charge in [-0.1, -0.05) is 172 Å². The van der Waals surface area contributed by atoms with Gasteiger partial charge in [0.05, 0.1) is 33.0 Å². The van der Waals surface area contributed by atoms with Crippen LogP contribution in [0.5, 0.6) is 0 Å². The Bertz CT molecular complexity index is 2140. The zero-order valence-corrected chi connectivity index (χ0v) is 39.3. The van der Waals surface area contributed by atoms with Gasteiger partial charge in [0.25, 0.3) is 8.32 Å². The molecule has 3 aliphatic rings. The molecule has 65 heavy (non-hydrogen) atoms. The van der Waals surface area contributed by atoms with Crippen LogP contribution in [-0.2, 0) is 66.9 Å². The normalized spacial score (nSPS) is 28.0. The molecule has 12 heteroatoms. The first-order valence-electron chi connectivity index (χ1n) is 22.7. The van der Waals surface area contributed by atoms with Gasteiger partial charge in [-0.2, -0.15) is 0 Å². The molecule has 3 heterocycles. The van der Waals surface area contributed by atoms with Crippen molar-refractivity contribution in [3.05, 3.63) is 168 Å². The molecule has 0 radical (unpaired) electrons. The summed E-state index contributed by atoms with van der Waals surface area (Å²) in [7, 11) is -1.62. The zero-order valence-electron chi connectivity index (χ0n) is 38.3. The Morgan fingerprint density at radius 3 is 1.49 bits per heavy atom. The van der Waals surface area contributed by atoms with Crippen molar-refractivity contribution in [3.63, 3.8) is 0 Å². The minimum atomic E-state index is -3.21. The minimum Gasteiger partial charge on any atom is -0.399 e. The third-order valence-electron chi connectivity index (χ3n) is 12.5. The third kappa shape index (κ3) is 11.0. The molecule has 8 rings (SSSR count). The van der Waals surface area contributed by atoms with Gasteiger partial charge < -0.3 is 52.2 Å². The zero-order chi connectivity index (χ0) is 45.4. The highest BCUT2D eigenvalue weighted by Gasteiger charge is 2.59. The van der Waals surface area contributed by atoms with E-state index in [1.54, 1.807) is 7.11 Å². The molecular formula is C53H64O11Si. The maximum Gasteiger partial charge on any atom is 0.261 e. The quantitative estimate of drug-likeness (QED) is 0.0894. The van der Waals surface area contributed by atoms with E-state index in [2.05, 4.69) is 45.0 Å². The van der Waals surface area contributed by atoms with Crippen LogP contribution in [0.25, 0.3) is 0 Å². The number of hydrogen-bond acceptors (Lipinski definition) is 11. The maximum absolute atomic E-state index is 12.6. The van der Waals surface area contributed by atoms with Crippen molar-refractivity contribution < 1.29 is 52.2 Å². The second kappa shape index (κ2) is 21.2. The number of hydrogen-bond donors (Lipinski definition) is 1. The van der Waals surface area contributed by atoms with Crippen molar-refractivity contribution in [3.8, 4) is 0 Å². The number of rotatable bonds is 18. The third-order valence-corrected chi connectivity index (χ3v) is 17.5. The Morgan fingerprint density at radius 2 is 1.05 bits per heavy atom. The van der Waals surface area contributed by atoms with E-state index >= 15 is 0 Å². The number of aliphatic hydroxyl groups is 1. The monoisotopic (exact) mass is 904 g/mol. The summed E-state index contributed by atoms with van der Waals surface area (Å²) in [4.78, 5) is 0. The summed E-state index contributed by atoms with van der Waals surface area (Å²) in [6, 6.07) is 50.6. The molecule has 0 saturated carbocycles. The van der Waals surface area contributed by atoms with Crippen LogP contribution in [0.1, 0.15) is 51.3 Å². The molecule has 0 unspecified atom stereocenters. The largest absolute Gasteiger partial charge is 0.399 e. The first-order chi connectivity index (χ1) is 31.5. The molecule has 5 aromatic rings. The fourth-order valence-electron chi connectivity index (χ4n) is 9.27. The Hall–Kier alpha value is -4.12. The fraction of sp³-hybridized carbons (Fsp3) is 0.434. The lowest BCUT2D eigenvalue weighted by Crippen LogP contribution is -2.69. The van der Waals surface area contributed by atoms with Crippen LogP contribution in [0.2, 0.25) is 5.04 Å². The minimum absolute atomic E-state index is 0.0518. The van der Waals surface area contributed by atoms with Gasteiger partial charge in [-0.3, -0.25) is 0 Å². The topological polar surface area (TPSA) is 113 Å². The van der Waals surface area contributed by atoms with Crippen molar-refractivity contribution in [2.24, 2.45) is 0 Å². The van der Waals surface area contributed by atoms with Gasteiger partial charge in [-0.25, -0.2) is 0 Å². The molecule has 3 saturated heterocycles. The van der Waals surface area contributed by atoms with E-state index in [0.29, 0.717) is 13.2 Å². The second-order valence-electron chi connectivity index (χ2n) is 18.5. The average Bonchev–Trinajstić information content (AvgIpc) is 3.85. The molecule has 10 atom stereocenters. The predicted octanol–water partition coefficient (Wildman–Crippen LogP) is 7.31. The predicted molar refractivity (Wildman–Crippen MR) is 249 cm³/mol. The van der Waals surface area contributed by atoms with E-state index in [9.17, 15) is 5.11 Å². The van der Waals surface area contributed by atoms with Crippen LogP contribution in [0.4, 0.5) is 0 Å². The second-order valence-corrected chi connectivity index (χ2v) is 22.7. The summed E-state index contributed by atoms with van der Waals surface area (Å²) >= 11 is 0. The molecule has 0 aromatic heterocycles. The molecule has 1 N–H and O–H groups in total. The van der Waals surface area contributed by atoms with Crippen molar-refractivity contribution in [1.82, 2.24) is 0 Å². The van der Waals surface area contributed by atoms with Gasteiger partial charge in [0, 0.05) is 7.11 Å². The smallest absolute Gasteiger partial charge is 0.261 e. The van der Waals surface area contributed by atoms with Crippen molar-refractivity contribution in [2.75, 3.05) is 20.3 Å². The summed E-state index contributed by atoms with van der Waals surface area (Å²) in [6.07, 6.45) is -8.22. The van der Waals surface area contributed by atoms with Crippen LogP contribution < -0.4 is 10.4 Å². The highest BCUT2D eigenvalue weighted by molar-refractivity contribution is 6.99. The van der Waals surface area contributed by atoms with E-state index in [-0.39, 0.29) is 24.9 Å². The summed E-state index contributed by atoms with van der Waals surface area (Å²) in [6.45, 7) is 11.4. The van der Waals surface area contributed by atoms with Gasteiger partial charge in [0.2, 0.25) is 0 Å². The Morgan fingerprint density at radius 1 is 0.585 bits per heavy atom. The summed E-state index contributed by atoms with van der Waals surface area (Å²) in [5.41, 5.74) is 2.96. The number of aliphatic hydroxyl groups excluding tert-OH is 1. The Labute approximate surface area is 384 Å². The van der Waals surface area contributed by atoms with E-state index in [0.717, 1.165) is 27.1 Å². The number of ether oxygens (including phenoxy) is 9. The van der Waals surface area contributed by atoms with Gasteiger partial charge in [-0.05, 0) is 45.9 Å². The lowest BCUT2D eigenvalue weighted by atomic mass is 9.97. The molecule has 3 aliphatic heterocycles.